The minimum atomic E-state index is -0.373. The maximum absolute atomic E-state index is 12.7. The van der Waals surface area contributed by atoms with Crippen molar-refractivity contribution in [2.24, 2.45) is 0 Å². The van der Waals surface area contributed by atoms with E-state index in [0.29, 0.717) is 22.3 Å². The Morgan fingerprint density at radius 2 is 1.65 bits per heavy atom. The van der Waals surface area contributed by atoms with E-state index in [1.807, 2.05) is 42.5 Å². The highest BCUT2D eigenvalue weighted by Crippen LogP contribution is 2.31. The first-order valence-corrected chi connectivity index (χ1v) is 6.87. The molecule has 0 saturated carbocycles. The molecule has 2 aromatic carbocycles. The maximum atomic E-state index is 12.7. The van der Waals surface area contributed by atoms with Crippen LogP contribution in [0.25, 0.3) is 22.1 Å². The van der Waals surface area contributed by atoms with E-state index >= 15 is 0 Å². The Hall–Kier alpha value is -2.06. The number of para-hydroxylation sites is 1. The third kappa shape index (κ3) is 2.12. The second-order valence-electron chi connectivity index (χ2n) is 4.65. The fourth-order valence-corrected chi connectivity index (χ4v) is 2.47. The van der Waals surface area contributed by atoms with Crippen molar-refractivity contribution in [3.05, 3.63) is 70.6 Å². The molecule has 1 atom stereocenters. The molecule has 3 rings (SSSR count). The van der Waals surface area contributed by atoms with Crippen LogP contribution in [-0.2, 0) is 0 Å². The SMILES string of the molecule is C[C@H](Cl)c1oc2ccccc2c(=O)c1-c1ccccc1. The summed E-state index contributed by atoms with van der Waals surface area (Å²) in [6.07, 6.45) is 0. The van der Waals surface area contributed by atoms with Gasteiger partial charge in [0.05, 0.1) is 16.3 Å². The van der Waals surface area contributed by atoms with Gasteiger partial charge in [0.15, 0.2) is 0 Å². The standard InChI is InChI=1S/C17H13ClO2/c1-11(18)17-15(12-7-3-2-4-8-12)16(19)13-9-5-6-10-14(13)20-17/h2-11H,1H3/t11-/m0/s1. The highest BCUT2D eigenvalue weighted by atomic mass is 35.5. The van der Waals surface area contributed by atoms with Crippen LogP contribution in [0.1, 0.15) is 18.1 Å². The summed E-state index contributed by atoms with van der Waals surface area (Å²) >= 11 is 6.20. The first kappa shape index (κ1) is 12.9. The summed E-state index contributed by atoms with van der Waals surface area (Å²) in [5.74, 6) is 0.515. The molecule has 0 amide bonds. The van der Waals surface area contributed by atoms with E-state index in [4.69, 9.17) is 16.0 Å². The van der Waals surface area contributed by atoms with Gasteiger partial charge in [0.1, 0.15) is 11.3 Å². The van der Waals surface area contributed by atoms with Gasteiger partial charge in [-0.05, 0) is 24.6 Å². The molecule has 0 unspecified atom stereocenters. The highest BCUT2D eigenvalue weighted by molar-refractivity contribution is 6.20. The summed E-state index contributed by atoms with van der Waals surface area (Å²) in [5.41, 5.74) is 1.90. The maximum Gasteiger partial charge on any atom is 0.200 e. The Balaban J connectivity index is 2.43. The monoisotopic (exact) mass is 284 g/mol. The Morgan fingerprint density at radius 3 is 2.35 bits per heavy atom. The lowest BCUT2D eigenvalue weighted by Crippen LogP contribution is -2.09. The van der Waals surface area contributed by atoms with Gasteiger partial charge in [-0.15, -0.1) is 11.6 Å². The molecule has 20 heavy (non-hydrogen) atoms. The summed E-state index contributed by atoms with van der Waals surface area (Å²) in [7, 11) is 0. The van der Waals surface area contributed by atoms with Crippen LogP contribution < -0.4 is 5.43 Å². The molecule has 0 saturated heterocycles. The van der Waals surface area contributed by atoms with Crippen molar-refractivity contribution in [1.82, 2.24) is 0 Å². The molecule has 0 aliphatic carbocycles. The van der Waals surface area contributed by atoms with Gasteiger partial charge in [-0.2, -0.15) is 0 Å². The summed E-state index contributed by atoms with van der Waals surface area (Å²) in [4.78, 5) is 12.7. The first-order valence-electron chi connectivity index (χ1n) is 6.43. The van der Waals surface area contributed by atoms with Crippen LogP contribution in [0.5, 0.6) is 0 Å². The number of hydrogen-bond donors (Lipinski definition) is 0. The van der Waals surface area contributed by atoms with Gasteiger partial charge in [0, 0.05) is 0 Å². The molecule has 1 aromatic heterocycles. The van der Waals surface area contributed by atoms with E-state index in [1.165, 1.54) is 0 Å². The molecule has 0 fully saturated rings. The molecule has 3 heteroatoms. The zero-order chi connectivity index (χ0) is 14.1. The van der Waals surface area contributed by atoms with Crippen LogP contribution in [0.2, 0.25) is 0 Å². The van der Waals surface area contributed by atoms with E-state index in [2.05, 4.69) is 0 Å². The molecule has 0 spiro atoms. The molecule has 3 aromatic rings. The number of hydrogen-bond acceptors (Lipinski definition) is 2. The van der Waals surface area contributed by atoms with E-state index in [1.54, 1.807) is 19.1 Å². The van der Waals surface area contributed by atoms with Crippen LogP contribution in [0.3, 0.4) is 0 Å². The van der Waals surface area contributed by atoms with Crippen LogP contribution in [0.4, 0.5) is 0 Å². The van der Waals surface area contributed by atoms with Crippen molar-refractivity contribution in [2.75, 3.05) is 0 Å². The van der Waals surface area contributed by atoms with Gasteiger partial charge in [-0.1, -0.05) is 42.5 Å². The number of benzene rings is 2. The smallest absolute Gasteiger partial charge is 0.200 e. The Kier molecular flexibility index (Phi) is 3.33. The van der Waals surface area contributed by atoms with Gasteiger partial charge in [0.25, 0.3) is 0 Å². The van der Waals surface area contributed by atoms with Crippen LogP contribution >= 0.6 is 11.6 Å². The van der Waals surface area contributed by atoms with Crippen molar-refractivity contribution >= 4 is 22.6 Å². The molecule has 0 aliphatic rings. The molecule has 0 radical (unpaired) electrons. The topological polar surface area (TPSA) is 30.2 Å². The number of rotatable bonds is 2. The predicted octanol–water partition coefficient (Wildman–Crippen LogP) is 4.76. The molecular weight excluding hydrogens is 272 g/mol. The Morgan fingerprint density at radius 1 is 1.00 bits per heavy atom. The average molecular weight is 285 g/mol. The zero-order valence-corrected chi connectivity index (χ0v) is 11.7. The van der Waals surface area contributed by atoms with Crippen molar-refractivity contribution in [3.63, 3.8) is 0 Å². The predicted molar refractivity (Wildman–Crippen MR) is 82.2 cm³/mol. The molecule has 100 valence electrons. The quantitative estimate of drug-likeness (QED) is 0.635. The molecular formula is C17H13ClO2. The van der Waals surface area contributed by atoms with E-state index in [-0.39, 0.29) is 10.8 Å². The number of alkyl halides is 1. The van der Waals surface area contributed by atoms with E-state index < -0.39 is 0 Å². The number of fused-ring (bicyclic) bond motifs is 1. The molecule has 2 nitrogen and oxygen atoms in total. The first-order chi connectivity index (χ1) is 9.68. The van der Waals surface area contributed by atoms with Crippen molar-refractivity contribution in [1.29, 1.82) is 0 Å². The molecule has 0 bridgehead atoms. The minimum absolute atomic E-state index is 0.0412. The Bertz CT molecular complexity index is 804. The van der Waals surface area contributed by atoms with Crippen molar-refractivity contribution in [3.8, 4) is 11.1 Å². The van der Waals surface area contributed by atoms with Crippen LogP contribution in [-0.4, -0.2) is 0 Å². The lowest BCUT2D eigenvalue weighted by molar-refractivity contribution is 0.540. The van der Waals surface area contributed by atoms with E-state index in [0.717, 1.165) is 5.56 Å². The van der Waals surface area contributed by atoms with Crippen LogP contribution in [0.15, 0.2) is 63.8 Å². The van der Waals surface area contributed by atoms with Gasteiger partial charge in [0.2, 0.25) is 5.43 Å². The van der Waals surface area contributed by atoms with Crippen molar-refractivity contribution < 1.29 is 4.42 Å². The summed E-state index contributed by atoms with van der Waals surface area (Å²) in [5, 5.41) is 0.204. The zero-order valence-electron chi connectivity index (χ0n) is 11.0. The lowest BCUT2D eigenvalue weighted by atomic mass is 10.0. The minimum Gasteiger partial charge on any atom is -0.459 e. The normalized spacial score (nSPS) is 12.5. The summed E-state index contributed by atoms with van der Waals surface area (Å²) in [6.45, 7) is 1.81. The van der Waals surface area contributed by atoms with E-state index in [9.17, 15) is 4.79 Å². The average Bonchev–Trinajstić information content (AvgIpc) is 2.48. The van der Waals surface area contributed by atoms with Crippen LogP contribution in [0, 0.1) is 0 Å². The molecule has 1 heterocycles. The summed E-state index contributed by atoms with van der Waals surface area (Å²) < 4.78 is 5.86. The second kappa shape index (κ2) is 5.14. The van der Waals surface area contributed by atoms with Gasteiger partial charge in [-0.25, -0.2) is 0 Å². The third-order valence-corrected chi connectivity index (χ3v) is 3.45. The fourth-order valence-electron chi connectivity index (χ4n) is 2.32. The van der Waals surface area contributed by atoms with Gasteiger partial charge >= 0.3 is 0 Å². The molecule has 0 aliphatic heterocycles. The molecule has 0 N–H and O–H groups in total. The third-order valence-electron chi connectivity index (χ3n) is 3.25. The summed E-state index contributed by atoms with van der Waals surface area (Å²) in [6, 6.07) is 16.7. The number of halogens is 1. The van der Waals surface area contributed by atoms with Crippen molar-refractivity contribution in [2.45, 2.75) is 12.3 Å². The largest absolute Gasteiger partial charge is 0.459 e. The van der Waals surface area contributed by atoms with Gasteiger partial charge in [-0.3, -0.25) is 4.79 Å². The second-order valence-corrected chi connectivity index (χ2v) is 5.30. The Labute approximate surface area is 121 Å². The van der Waals surface area contributed by atoms with Gasteiger partial charge < -0.3 is 4.42 Å². The lowest BCUT2D eigenvalue weighted by Gasteiger charge is -2.11. The fraction of sp³-hybridized carbons (Fsp3) is 0.118. The highest BCUT2D eigenvalue weighted by Gasteiger charge is 2.19.